The van der Waals surface area contributed by atoms with E-state index in [0.717, 1.165) is 5.56 Å². The number of hydrogen-bond acceptors (Lipinski definition) is 3. The van der Waals surface area contributed by atoms with Gasteiger partial charge >= 0.3 is 0 Å². The van der Waals surface area contributed by atoms with Gasteiger partial charge in [-0.2, -0.15) is 0 Å². The van der Waals surface area contributed by atoms with E-state index in [1.807, 2.05) is 6.07 Å². The van der Waals surface area contributed by atoms with Crippen molar-refractivity contribution in [3.63, 3.8) is 0 Å². The average molecular weight is 377 g/mol. The van der Waals surface area contributed by atoms with Gasteiger partial charge in [-0.1, -0.05) is 35.9 Å². The molecule has 0 aliphatic heterocycles. The minimum Gasteiger partial charge on any atom is -0.323 e. The Morgan fingerprint density at radius 1 is 1.12 bits per heavy atom. The molecule has 0 spiro atoms. The third-order valence-electron chi connectivity index (χ3n) is 3.17. The molecule has 2 N–H and O–H groups in total. The van der Waals surface area contributed by atoms with Gasteiger partial charge in [0.1, 0.15) is 0 Å². The lowest BCUT2D eigenvalue weighted by molar-refractivity contribution is -0.111. The topological polar surface area (TPSA) is 75.3 Å². The van der Waals surface area contributed by atoms with Crippen LogP contribution in [0, 0.1) is 0 Å². The molecule has 0 unspecified atom stereocenters. The van der Waals surface area contributed by atoms with E-state index >= 15 is 0 Å². The molecule has 5 nitrogen and oxygen atoms in total. The van der Waals surface area contributed by atoms with Crippen LogP contribution in [0.4, 0.5) is 5.69 Å². The average Bonchev–Trinajstić information content (AvgIpc) is 2.60. The molecule has 0 aromatic heterocycles. The number of hydrogen-bond donors (Lipinski definition) is 2. The fraction of sp³-hybridized carbons (Fsp3) is 0.0556. The second-order valence-electron chi connectivity index (χ2n) is 5.01. The van der Waals surface area contributed by atoms with Crippen LogP contribution in [0.3, 0.4) is 0 Å². The van der Waals surface area contributed by atoms with Crippen LogP contribution in [0.5, 0.6) is 0 Å². The summed E-state index contributed by atoms with van der Waals surface area (Å²) in [6.45, 7) is 3.61. The molecule has 0 saturated heterocycles. The van der Waals surface area contributed by atoms with Crippen LogP contribution in [-0.2, 0) is 14.8 Å². The van der Waals surface area contributed by atoms with E-state index in [1.165, 1.54) is 36.4 Å². The molecule has 130 valence electrons. The third kappa shape index (κ3) is 5.56. The summed E-state index contributed by atoms with van der Waals surface area (Å²) >= 11 is 6.01. The monoisotopic (exact) mass is 376 g/mol. The standard InChI is InChI=1S/C18H17ClN2O3S/c1-2-13-20-25(23,24)16-10-8-15(9-11-16)21-18(22)12-7-14-5-3-4-6-17(14)19/h2-12,20H,1,13H2,(H,21,22)/b12-7+. The van der Waals surface area contributed by atoms with Crippen molar-refractivity contribution in [2.75, 3.05) is 11.9 Å². The van der Waals surface area contributed by atoms with Crippen LogP contribution in [0.25, 0.3) is 6.08 Å². The first-order valence-electron chi connectivity index (χ1n) is 7.36. The maximum Gasteiger partial charge on any atom is 0.248 e. The van der Waals surface area contributed by atoms with Gasteiger partial charge in [0.25, 0.3) is 0 Å². The maximum absolute atomic E-state index is 11.9. The summed E-state index contributed by atoms with van der Waals surface area (Å²) < 4.78 is 26.3. The summed E-state index contributed by atoms with van der Waals surface area (Å²) in [6.07, 6.45) is 4.42. The van der Waals surface area contributed by atoms with Crippen molar-refractivity contribution < 1.29 is 13.2 Å². The highest BCUT2D eigenvalue weighted by Crippen LogP contribution is 2.17. The molecule has 0 atom stereocenters. The van der Waals surface area contributed by atoms with Gasteiger partial charge in [0.15, 0.2) is 0 Å². The molecule has 0 heterocycles. The largest absolute Gasteiger partial charge is 0.323 e. The molecule has 0 bridgehead atoms. The number of amides is 1. The minimum absolute atomic E-state index is 0.110. The SMILES string of the molecule is C=CCNS(=O)(=O)c1ccc(NC(=O)/C=C/c2ccccc2Cl)cc1. The van der Waals surface area contributed by atoms with Crippen LogP contribution in [0.2, 0.25) is 5.02 Å². The molecule has 0 fully saturated rings. The highest BCUT2D eigenvalue weighted by atomic mass is 35.5. The zero-order chi connectivity index (χ0) is 18.3. The first-order chi connectivity index (χ1) is 11.9. The van der Waals surface area contributed by atoms with Gasteiger partial charge in [0.2, 0.25) is 15.9 Å². The summed E-state index contributed by atoms with van der Waals surface area (Å²) in [4.78, 5) is 12.0. The number of rotatable bonds is 7. The lowest BCUT2D eigenvalue weighted by Gasteiger charge is -2.06. The molecule has 25 heavy (non-hydrogen) atoms. The number of halogens is 1. The first-order valence-corrected chi connectivity index (χ1v) is 9.23. The summed E-state index contributed by atoms with van der Waals surface area (Å²) in [7, 11) is -3.58. The fourth-order valence-corrected chi connectivity index (χ4v) is 3.13. The van der Waals surface area contributed by atoms with Gasteiger partial charge in [0, 0.05) is 23.3 Å². The molecule has 0 aliphatic rings. The zero-order valence-corrected chi connectivity index (χ0v) is 14.8. The highest BCUT2D eigenvalue weighted by molar-refractivity contribution is 7.89. The molecule has 0 radical (unpaired) electrons. The van der Waals surface area contributed by atoms with Crippen LogP contribution >= 0.6 is 11.6 Å². The lowest BCUT2D eigenvalue weighted by Crippen LogP contribution is -2.23. The lowest BCUT2D eigenvalue weighted by atomic mass is 10.2. The van der Waals surface area contributed by atoms with E-state index in [4.69, 9.17) is 11.6 Å². The van der Waals surface area contributed by atoms with Gasteiger partial charge in [-0.25, -0.2) is 13.1 Å². The summed E-state index contributed by atoms with van der Waals surface area (Å²) in [5.41, 5.74) is 1.21. The predicted molar refractivity (Wildman–Crippen MR) is 101 cm³/mol. The second-order valence-corrected chi connectivity index (χ2v) is 7.18. The first kappa shape index (κ1) is 18.9. The number of carbonyl (C=O) groups is 1. The van der Waals surface area contributed by atoms with Crippen LogP contribution in [0.1, 0.15) is 5.56 Å². The Morgan fingerprint density at radius 2 is 1.80 bits per heavy atom. The van der Waals surface area contributed by atoms with Crippen molar-refractivity contribution in [3.8, 4) is 0 Å². The zero-order valence-electron chi connectivity index (χ0n) is 13.3. The predicted octanol–water partition coefficient (Wildman–Crippen LogP) is 3.46. The molecule has 0 saturated carbocycles. The summed E-state index contributed by atoms with van der Waals surface area (Å²) in [5, 5.41) is 3.20. The Bertz CT molecular complexity index is 891. The molecule has 2 aromatic carbocycles. The fourth-order valence-electron chi connectivity index (χ4n) is 1.93. The summed E-state index contributed by atoms with van der Waals surface area (Å²) in [5.74, 6) is -0.347. The van der Waals surface area contributed by atoms with E-state index in [-0.39, 0.29) is 17.3 Å². The quantitative estimate of drug-likeness (QED) is 0.574. The van der Waals surface area contributed by atoms with E-state index in [1.54, 1.807) is 24.3 Å². The van der Waals surface area contributed by atoms with Gasteiger partial charge < -0.3 is 5.32 Å². The van der Waals surface area contributed by atoms with Crippen LogP contribution in [0.15, 0.2) is 72.2 Å². The van der Waals surface area contributed by atoms with Crippen LogP contribution < -0.4 is 10.0 Å². The number of carbonyl (C=O) groups excluding carboxylic acids is 1. The van der Waals surface area contributed by atoms with Crippen molar-refractivity contribution in [2.45, 2.75) is 4.90 Å². The number of anilines is 1. The highest BCUT2D eigenvalue weighted by Gasteiger charge is 2.12. The van der Waals surface area contributed by atoms with E-state index < -0.39 is 10.0 Å². The van der Waals surface area contributed by atoms with Crippen molar-refractivity contribution in [1.82, 2.24) is 4.72 Å². The molecule has 7 heteroatoms. The molecule has 1 amide bonds. The second kappa shape index (κ2) is 8.62. The Balaban J connectivity index is 2.02. The normalized spacial score (nSPS) is 11.4. The van der Waals surface area contributed by atoms with Crippen molar-refractivity contribution >= 4 is 39.3 Å². The molecular formula is C18H17ClN2O3S. The van der Waals surface area contributed by atoms with Gasteiger partial charge in [0.05, 0.1) is 4.90 Å². The summed E-state index contributed by atoms with van der Waals surface area (Å²) in [6, 6.07) is 13.0. The van der Waals surface area contributed by atoms with Crippen molar-refractivity contribution in [2.24, 2.45) is 0 Å². The Labute approximate surface area is 152 Å². The Kier molecular flexibility index (Phi) is 6.52. The maximum atomic E-state index is 11.9. The van der Waals surface area contributed by atoms with E-state index in [2.05, 4.69) is 16.6 Å². The number of sulfonamides is 1. The van der Waals surface area contributed by atoms with Gasteiger partial charge in [-0.15, -0.1) is 6.58 Å². The molecule has 0 aliphatic carbocycles. The molecular weight excluding hydrogens is 360 g/mol. The molecule has 2 rings (SSSR count). The minimum atomic E-state index is -3.58. The van der Waals surface area contributed by atoms with Gasteiger partial charge in [-0.3, -0.25) is 4.79 Å². The van der Waals surface area contributed by atoms with Crippen molar-refractivity contribution in [3.05, 3.63) is 77.8 Å². The number of nitrogens with one attached hydrogen (secondary N) is 2. The van der Waals surface area contributed by atoms with E-state index in [0.29, 0.717) is 10.7 Å². The molecule has 2 aromatic rings. The number of benzene rings is 2. The third-order valence-corrected chi connectivity index (χ3v) is 4.95. The smallest absolute Gasteiger partial charge is 0.248 e. The van der Waals surface area contributed by atoms with Crippen LogP contribution in [-0.4, -0.2) is 20.9 Å². The Hall–Kier alpha value is -2.41. The van der Waals surface area contributed by atoms with Crippen molar-refractivity contribution in [1.29, 1.82) is 0 Å². The van der Waals surface area contributed by atoms with Gasteiger partial charge in [-0.05, 0) is 42.0 Å². The van der Waals surface area contributed by atoms with E-state index in [9.17, 15) is 13.2 Å². The Morgan fingerprint density at radius 3 is 2.44 bits per heavy atom.